The van der Waals surface area contributed by atoms with Gasteiger partial charge in [-0.1, -0.05) is 24.0 Å². The fourth-order valence-corrected chi connectivity index (χ4v) is 2.73. The minimum Gasteiger partial charge on any atom is -0.439 e. The molecule has 1 aromatic carbocycles. The Morgan fingerprint density at radius 2 is 2.08 bits per heavy atom. The molecule has 1 aliphatic heterocycles. The highest BCUT2D eigenvalue weighted by Crippen LogP contribution is 2.36. The van der Waals surface area contributed by atoms with Gasteiger partial charge >= 0.3 is 6.09 Å². The predicted molar refractivity (Wildman–Crippen MR) is 85.3 cm³/mol. The highest BCUT2D eigenvalue weighted by molar-refractivity contribution is 5.71. The SMILES string of the molecule is O=C1NC(c2cncc(C#CC3CC3)c2)C(c2cccc(F)c2)O1. The highest BCUT2D eigenvalue weighted by atomic mass is 19.1. The minimum atomic E-state index is -0.596. The van der Waals surface area contributed by atoms with Crippen LogP contribution in [0, 0.1) is 23.6 Å². The number of cyclic esters (lactones) is 1. The minimum absolute atomic E-state index is 0.364. The number of pyridine rings is 1. The van der Waals surface area contributed by atoms with Crippen LogP contribution in [0.3, 0.4) is 0 Å². The summed E-state index contributed by atoms with van der Waals surface area (Å²) >= 11 is 0. The molecule has 120 valence electrons. The molecular weight excluding hydrogens is 307 g/mol. The van der Waals surface area contributed by atoms with E-state index in [4.69, 9.17) is 4.74 Å². The molecule has 4 nitrogen and oxygen atoms in total. The number of alkyl carbamates (subject to hydrolysis) is 1. The summed E-state index contributed by atoms with van der Waals surface area (Å²) in [7, 11) is 0. The molecule has 1 amide bonds. The summed E-state index contributed by atoms with van der Waals surface area (Å²) in [6, 6.07) is 7.55. The number of hydrogen-bond donors (Lipinski definition) is 1. The van der Waals surface area contributed by atoms with E-state index < -0.39 is 18.2 Å². The van der Waals surface area contributed by atoms with E-state index in [0.29, 0.717) is 11.5 Å². The molecule has 1 saturated carbocycles. The third-order valence-corrected chi connectivity index (χ3v) is 4.10. The van der Waals surface area contributed by atoms with E-state index in [2.05, 4.69) is 22.1 Å². The Labute approximate surface area is 139 Å². The number of benzene rings is 1. The third kappa shape index (κ3) is 3.09. The standard InChI is InChI=1S/C19H15FN2O2/c20-16-3-1-2-14(9-16)18-17(22-19(23)24-18)15-8-13(10-21-11-15)7-6-12-4-5-12/h1-3,8-12,17-18H,4-5H2,(H,22,23). The van der Waals surface area contributed by atoms with Gasteiger partial charge in [0.2, 0.25) is 0 Å². The van der Waals surface area contributed by atoms with Crippen LogP contribution < -0.4 is 5.32 Å². The van der Waals surface area contributed by atoms with E-state index in [1.54, 1.807) is 24.5 Å². The summed E-state index contributed by atoms with van der Waals surface area (Å²) in [5, 5.41) is 2.77. The Balaban J connectivity index is 1.65. The van der Waals surface area contributed by atoms with Crippen molar-refractivity contribution in [1.82, 2.24) is 10.3 Å². The Morgan fingerprint density at radius 3 is 2.88 bits per heavy atom. The quantitative estimate of drug-likeness (QED) is 0.861. The van der Waals surface area contributed by atoms with Crippen molar-refractivity contribution in [2.75, 3.05) is 0 Å². The lowest BCUT2D eigenvalue weighted by Crippen LogP contribution is -2.19. The van der Waals surface area contributed by atoms with Crippen LogP contribution in [0.15, 0.2) is 42.7 Å². The molecule has 2 aromatic rings. The van der Waals surface area contributed by atoms with Crippen LogP contribution in [0.4, 0.5) is 9.18 Å². The van der Waals surface area contributed by atoms with Gasteiger partial charge in [0.05, 0.1) is 0 Å². The largest absolute Gasteiger partial charge is 0.439 e. The second kappa shape index (κ2) is 5.97. The Bertz CT molecular complexity index is 852. The van der Waals surface area contributed by atoms with Crippen molar-refractivity contribution in [3.05, 3.63) is 65.2 Å². The fraction of sp³-hybridized carbons (Fsp3) is 0.263. The molecule has 5 heteroatoms. The summed E-state index contributed by atoms with van der Waals surface area (Å²) in [5.41, 5.74) is 2.20. The molecule has 2 heterocycles. The van der Waals surface area contributed by atoms with Gasteiger partial charge in [-0.25, -0.2) is 9.18 Å². The number of halogens is 1. The van der Waals surface area contributed by atoms with Crippen LogP contribution in [0.25, 0.3) is 0 Å². The van der Waals surface area contributed by atoms with Crippen molar-refractivity contribution in [2.45, 2.75) is 25.0 Å². The zero-order valence-corrected chi connectivity index (χ0v) is 12.8. The summed E-state index contributed by atoms with van der Waals surface area (Å²) in [5.74, 6) is 6.45. The van der Waals surface area contributed by atoms with Crippen molar-refractivity contribution < 1.29 is 13.9 Å². The van der Waals surface area contributed by atoms with Crippen LogP contribution in [0.5, 0.6) is 0 Å². The third-order valence-electron chi connectivity index (χ3n) is 4.10. The predicted octanol–water partition coefficient (Wildman–Crippen LogP) is 3.50. The normalized spacial score (nSPS) is 22.3. The Kier molecular flexibility index (Phi) is 3.66. The van der Waals surface area contributed by atoms with Gasteiger partial charge in [0.1, 0.15) is 11.9 Å². The first-order chi connectivity index (χ1) is 11.7. The van der Waals surface area contributed by atoms with Crippen molar-refractivity contribution in [3.8, 4) is 11.8 Å². The van der Waals surface area contributed by atoms with E-state index in [-0.39, 0.29) is 5.82 Å². The Morgan fingerprint density at radius 1 is 1.21 bits per heavy atom. The molecule has 2 unspecified atom stereocenters. The van der Waals surface area contributed by atoms with Gasteiger partial charge in [-0.3, -0.25) is 4.98 Å². The van der Waals surface area contributed by atoms with Crippen LogP contribution in [0.2, 0.25) is 0 Å². The van der Waals surface area contributed by atoms with Gasteiger partial charge in [0.25, 0.3) is 0 Å². The molecule has 1 N–H and O–H groups in total. The number of nitrogens with zero attached hydrogens (tertiary/aromatic N) is 1. The number of hydrogen-bond acceptors (Lipinski definition) is 3. The summed E-state index contributed by atoms with van der Waals surface area (Å²) < 4.78 is 18.8. The number of rotatable bonds is 2. The molecule has 0 radical (unpaired) electrons. The molecule has 4 rings (SSSR count). The van der Waals surface area contributed by atoms with Gasteiger partial charge < -0.3 is 10.1 Å². The molecule has 0 spiro atoms. The summed E-state index contributed by atoms with van der Waals surface area (Å²) in [6.45, 7) is 0. The number of carbonyl (C=O) groups excluding carboxylic acids is 1. The number of carbonyl (C=O) groups is 1. The molecule has 24 heavy (non-hydrogen) atoms. The average molecular weight is 322 g/mol. The molecular formula is C19H15FN2O2. The summed E-state index contributed by atoms with van der Waals surface area (Å²) in [6.07, 6.45) is 4.58. The van der Waals surface area contributed by atoms with E-state index in [0.717, 1.165) is 24.0 Å². The maximum Gasteiger partial charge on any atom is 0.408 e. The maximum absolute atomic E-state index is 13.5. The fourth-order valence-electron chi connectivity index (χ4n) is 2.73. The van der Waals surface area contributed by atoms with Gasteiger partial charge in [0.15, 0.2) is 6.10 Å². The number of ether oxygens (including phenoxy) is 1. The zero-order chi connectivity index (χ0) is 16.5. The van der Waals surface area contributed by atoms with Gasteiger partial charge in [-0.05, 0) is 42.2 Å². The van der Waals surface area contributed by atoms with E-state index >= 15 is 0 Å². The first kappa shape index (κ1) is 14.7. The molecule has 2 aliphatic rings. The number of amides is 1. The van der Waals surface area contributed by atoms with Crippen molar-refractivity contribution in [1.29, 1.82) is 0 Å². The van der Waals surface area contributed by atoms with Crippen LogP contribution in [-0.2, 0) is 4.74 Å². The second-order valence-corrected chi connectivity index (χ2v) is 6.05. The zero-order valence-electron chi connectivity index (χ0n) is 12.8. The first-order valence-corrected chi connectivity index (χ1v) is 7.88. The number of nitrogens with one attached hydrogen (secondary N) is 1. The summed E-state index contributed by atoms with van der Waals surface area (Å²) in [4.78, 5) is 15.9. The van der Waals surface area contributed by atoms with Crippen molar-refractivity contribution in [2.24, 2.45) is 5.92 Å². The van der Waals surface area contributed by atoms with Gasteiger partial charge in [0, 0.05) is 23.9 Å². The van der Waals surface area contributed by atoms with Crippen LogP contribution in [0.1, 0.15) is 41.7 Å². The topological polar surface area (TPSA) is 51.2 Å². The lowest BCUT2D eigenvalue weighted by Gasteiger charge is -2.17. The maximum atomic E-state index is 13.5. The molecule has 1 aromatic heterocycles. The Hall–Kier alpha value is -2.87. The monoisotopic (exact) mass is 322 g/mol. The van der Waals surface area contributed by atoms with Crippen molar-refractivity contribution >= 4 is 6.09 Å². The van der Waals surface area contributed by atoms with Gasteiger partial charge in [-0.15, -0.1) is 0 Å². The van der Waals surface area contributed by atoms with E-state index in [9.17, 15) is 9.18 Å². The first-order valence-electron chi connectivity index (χ1n) is 7.88. The highest BCUT2D eigenvalue weighted by Gasteiger charge is 2.36. The number of aromatic nitrogens is 1. The molecule has 1 aliphatic carbocycles. The molecule has 2 fully saturated rings. The molecule has 1 saturated heterocycles. The average Bonchev–Trinajstić information content (AvgIpc) is 3.33. The smallest absolute Gasteiger partial charge is 0.408 e. The molecule has 2 atom stereocenters. The lowest BCUT2D eigenvalue weighted by atomic mass is 9.97. The molecule has 0 bridgehead atoms. The van der Waals surface area contributed by atoms with E-state index in [1.807, 2.05) is 6.07 Å². The van der Waals surface area contributed by atoms with Crippen LogP contribution >= 0.6 is 0 Å². The lowest BCUT2D eigenvalue weighted by molar-refractivity contribution is 0.132. The second-order valence-electron chi connectivity index (χ2n) is 6.05. The van der Waals surface area contributed by atoms with Crippen LogP contribution in [-0.4, -0.2) is 11.1 Å². The van der Waals surface area contributed by atoms with E-state index in [1.165, 1.54) is 12.1 Å². The van der Waals surface area contributed by atoms with Crippen molar-refractivity contribution in [3.63, 3.8) is 0 Å². The van der Waals surface area contributed by atoms with Gasteiger partial charge in [-0.2, -0.15) is 0 Å².